The molecule has 0 N–H and O–H groups in total. The number of pyridine rings is 1. The number of piperidine rings is 1. The highest BCUT2D eigenvalue weighted by molar-refractivity contribution is 5.93. The van der Waals surface area contributed by atoms with E-state index in [0.29, 0.717) is 38.4 Å². The van der Waals surface area contributed by atoms with Crippen molar-refractivity contribution in [2.24, 2.45) is 5.92 Å². The van der Waals surface area contributed by atoms with Gasteiger partial charge in [-0.2, -0.15) is 0 Å². The normalized spacial score (nSPS) is 15.1. The highest BCUT2D eigenvalue weighted by Crippen LogP contribution is 2.24. The van der Waals surface area contributed by atoms with E-state index < -0.39 is 0 Å². The molecule has 1 aromatic heterocycles. The molecule has 28 heavy (non-hydrogen) atoms. The number of esters is 1. The summed E-state index contributed by atoms with van der Waals surface area (Å²) in [5.74, 6) is 0.159. The van der Waals surface area contributed by atoms with Crippen LogP contribution in [0, 0.1) is 5.92 Å². The van der Waals surface area contributed by atoms with Crippen LogP contribution >= 0.6 is 0 Å². The van der Waals surface area contributed by atoms with E-state index >= 15 is 0 Å². The van der Waals surface area contributed by atoms with E-state index in [4.69, 9.17) is 9.47 Å². The molecule has 0 bridgehead atoms. The lowest BCUT2D eigenvalue weighted by Crippen LogP contribution is -2.39. The number of carbonyl (C=O) groups is 2. The number of likely N-dealkylation sites (tertiary alicyclic amines) is 1. The molecule has 0 saturated carbocycles. The van der Waals surface area contributed by atoms with E-state index in [1.807, 2.05) is 37.3 Å². The number of amides is 1. The Labute approximate surface area is 165 Å². The molecular weight excluding hydrogens is 356 g/mol. The second-order valence-corrected chi connectivity index (χ2v) is 6.88. The van der Waals surface area contributed by atoms with Crippen molar-refractivity contribution in [3.05, 3.63) is 42.0 Å². The lowest BCUT2D eigenvalue weighted by molar-refractivity contribution is -0.148. The van der Waals surface area contributed by atoms with Crippen molar-refractivity contribution >= 4 is 28.9 Å². The van der Waals surface area contributed by atoms with E-state index in [0.717, 1.165) is 22.9 Å². The van der Waals surface area contributed by atoms with E-state index in [-0.39, 0.29) is 17.8 Å². The average molecular weight is 382 g/mol. The maximum atomic E-state index is 12.6. The smallest absolute Gasteiger partial charge is 0.308 e. The molecule has 2 aromatic rings. The SMILES string of the molecule is CCCOc1nc2ccccc2cc1C=CC(=O)N1CCC(C(=O)OC)CC1. The van der Waals surface area contributed by atoms with Gasteiger partial charge in [0.2, 0.25) is 11.8 Å². The summed E-state index contributed by atoms with van der Waals surface area (Å²) in [5.41, 5.74) is 1.65. The van der Waals surface area contributed by atoms with E-state index in [9.17, 15) is 9.59 Å². The van der Waals surface area contributed by atoms with Gasteiger partial charge in [-0.25, -0.2) is 4.98 Å². The molecule has 0 radical (unpaired) electrons. The van der Waals surface area contributed by atoms with Crippen LogP contribution in [0.1, 0.15) is 31.7 Å². The Bertz CT molecular complexity index is 870. The molecule has 0 unspecified atom stereocenters. The highest BCUT2D eigenvalue weighted by Gasteiger charge is 2.27. The van der Waals surface area contributed by atoms with E-state index in [1.165, 1.54) is 7.11 Å². The lowest BCUT2D eigenvalue weighted by Gasteiger charge is -2.29. The fraction of sp³-hybridized carbons (Fsp3) is 0.409. The van der Waals surface area contributed by atoms with Gasteiger partial charge in [0.15, 0.2) is 0 Å². The third kappa shape index (κ3) is 4.68. The average Bonchev–Trinajstić information content (AvgIpc) is 2.75. The van der Waals surface area contributed by atoms with Crippen molar-refractivity contribution in [3.63, 3.8) is 0 Å². The van der Waals surface area contributed by atoms with Crippen LogP contribution in [0.15, 0.2) is 36.4 Å². The molecule has 6 heteroatoms. The molecule has 0 spiro atoms. The van der Waals surface area contributed by atoms with Crippen molar-refractivity contribution in [2.45, 2.75) is 26.2 Å². The van der Waals surface area contributed by atoms with Crippen molar-refractivity contribution in [1.29, 1.82) is 0 Å². The fourth-order valence-corrected chi connectivity index (χ4v) is 3.32. The summed E-state index contributed by atoms with van der Waals surface area (Å²) in [7, 11) is 1.40. The summed E-state index contributed by atoms with van der Waals surface area (Å²) >= 11 is 0. The van der Waals surface area contributed by atoms with E-state index in [2.05, 4.69) is 4.98 Å². The molecule has 2 heterocycles. The molecule has 148 valence electrons. The van der Waals surface area contributed by atoms with Crippen LogP contribution in [-0.4, -0.2) is 48.6 Å². The Morgan fingerprint density at radius 1 is 1.25 bits per heavy atom. The van der Waals surface area contributed by atoms with Crippen LogP contribution < -0.4 is 4.74 Å². The minimum atomic E-state index is -0.192. The molecule has 1 aliphatic rings. The van der Waals surface area contributed by atoms with Gasteiger partial charge in [0.25, 0.3) is 0 Å². The molecule has 1 aliphatic heterocycles. The molecule has 3 rings (SSSR count). The first-order valence-corrected chi connectivity index (χ1v) is 9.69. The van der Waals surface area contributed by atoms with Crippen molar-refractivity contribution in [3.8, 4) is 5.88 Å². The number of carbonyl (C=O) groups excluding carboxylic acids is 2. The van der Waals surface area contributed by atoms with Gasteiger partial charge in [-0.05, 0) is 37.5 Å². The van der Waals surface area contributed by atoms with Gasteiger partial charge in [0.1, 0.15) is 0 Å². The number of ether oxygens (including phenoxy) is 2. The summed E-state index contributed by atoms with van der Waals surface area (Å²) in [6.07, 6.45) is 5.47. The molecule has 0 aliphatic carbocycles. The Balaban J connectivity index is 1.73. The number of fused-ring (bicyclic) bond motifs is 1. The maximum Gasteiger partial charge on any atom is 0.308 e. The topological polar surface area (TPSA) is 68.7 Å². The number of para-hydroxylation sites is 1. The Kier molecular flexibility index (Phi) is 6.63. The van der Waals surface area contributed by atoms with Gasteiger partial charge in [-0.1, -0.05) is 25.1 Å². The first kappa shape index (κ1) is 19.9. The number of hydrogen-bond acceptors (Lipinski definition) is 5. The summed E-state index contributed by atoms with van der Waals surface area (Å²) in [6.45, 7) is 3.72. The molecule has 1 saturated heterocycles. The van der Waals surface area contributed by atoms with E-state index in [1.54, 1.807) is 17.1 Å². The molecule has 6 nitrogen and oxygen atoms in total. The summed E-state index contributed by atoms with van der Waals surface area (Å²) < 4.78 is 10.6. The third-order valence-electron chi connectivity index (χ3n) is 4.91. The first-order valence-electron chi connectivity index (χ1n) is 9.69. The van der Waals surface area contributed by atoms with Crippen molar-refractivity contribution in [1.82, 2.24) is 9.88 Å². The minimum Gasteiger partial charge on any atom is -0.477 e. The van der Waals surface area contributed by atoms with Crippen molar-refractivity contribution in [2.75, 3.05) is 26.8 Å². The number of nitrogens with zero attached hydrogens (tertiary/aromatic N) is 2. The number of rotatable bonds is 6. The second kappa shape index (κ2) is 9.35. The van der Waals surface area contributed by atoms with Crippen LogP contribution in [-0.2, 0) is 14.3 Å². The monoisotopic (exact) mass is 382 g/mol. The van der Waals surface area contributed by atoms with Crippen LogP contribution in [0.25, 0.3) is 17.0 Å². The predicted octanol–water partition coefficient (Wildman–Crippen LogP) is 3.45. The molecular formula is C22H26N2O4. The Morgan fingerprint density at radius 2 is 2.00 bits per heavy atom. The number of methoxy groups -OCH3 is 1. The van der Waals surface area contributed by atoms with Gasteiger partial charge in [0.05, 0.1) is 25.2 Å². The van der Waals surface area contributed by atoms with Crippen LogP contribution in [0.5, 0.6) is 5.88 Å². The summed E-state index contributed by atoms with van der Waals surface area (Å²) in [5, 5.41) is 0.998. The highest BCUT2D eigenvalue weighted by atomic mass is 16.5. The van der Waals surface area contributed by atoms with Crippen LogP contribution in [0.2, 0.25) is 0 Å². The Morgan fingerprint density at radius 3 is 2.71 bits per heavy atom. The summed E-state index contributed by atoms with van der Waals surface area (Å²) in [6, 6.07) is 9.82. The fourth-order valence-electron chi connectivity index (χ4n) is 3.32. The largest absolute Gasteiger partial charge is 0.477 e. The van der Waals surface area contributed by atoms with Gasteiger partial charge in [-0.3, -0.25) is 9.59 Å². The molecule has 0 atom stereocenters. The van der Waals surface area contributed by atoms with Crippen molar-refractivity contribution < 1.29 is 19.1 Å². The number of hydrogen-bond donors (Lipinski definition) is 0. The number of benzene rings is 1. The number of aromatic nitrogens is 1. The Hall–Kier alpha value is -2.89. The molecule has 1 fully saturated rings. The van der Waals surface area contributed by atoms with Gasteiger partial charge >= 0.3 is 5.97 Å². The van der Waals surface area contributed by atoms with Gasteiger partial charge in [0, 0.05) is 30.1 Å². The first-order chi connectivity index (χ1) is 13.6. The summed E-state index contributed by atoms with van der Waals surface area (Å²) in [4.78, 5) is 30.5. The zero-order chi connectivity index (χ0) is 19.9. The van der Waals surface area contributed by atoms with Crippen LogP contribution in [0.3, 0.4) is 0 Å². The zero-order valence-corrected chi connectivity index (χ0v) is 16.4. The second-order valence-electron chi connectivity index (χ2n) is 6.88. The van der Waals surface area contributed by atoms with Crippen LogP contribution in [0.4, 0.5) is 0 Å². The molecule has 1 aromatic carbocycles. The standard InChI is InChI=1S/C22H26N2O4/c1-3-14-28-21-18(15-17-6-4-5-7-19(17)23-21)8-9-20(25)24-12-10-16(11-13-24)22(26)27-2/h4-9,15-16H,3,10-14H2,1-2H3. The molecule has 1 amide bonds. The quantitative estimate of drug-likeness (QED) is 0.565. The lowest BCUT2D eigenvalue weighted by atomic mass is 9.97. The predicted molar refractivity (Wildman–Crippen MR) is 108 cm³/mol. The maximum absolute atomic E-state index is 12.6. The third-order valence-corrected chi connectivity index (χ3v) is 4.91. The zero-order valence-electron chi connectivity index (χ0n) is 16.4. The minimum absolute atomic E-state index is 0.0714. The van der Waals surface area contributed by atoms with Gasteiger partial charge in [-0.15, -0.1) is 0 Å². The van der Waals surface area contributed by atoms with Gasteiger partial charge < -0.3 is 14.4 Å².